The van der Waals surface area contributed by atoms with E-state index in [1.807, 2.05) is 6.07 Å². The molecule has 1 amide bonds. The van der Waals surface area contributed by atoms with Crippen molar-refractivity contribution in [1.29, 1.82) is 0 Å². The molecule has 2 aromatic rings. The largest absolute Gasteiger partial charge is 0.355 e. The Morgan fingerprint density at radius 1 is 1.32 bits per heavy atom. The highest BCUT2D eigenvalue weighted by Gasteiger charge is 2.49. The number of carbonyl (C=O) groups is 1. The number of carbonyl (C=O) groups excluding carboxylic acids is 1. The molecule has 1 aliphatic carbocycles. The van der Waals surface area contributed by atoms with Crippen LogP contribution in [0.2, 0.25) is 0 Å². The summed E-state index contributed by atoms with van der Waals surface area (Å²) in [4.78, 5) is 20.5. The molecule has 1 N–H and O–H groups in total. The van der Waals surface area contributed by atoms with E-state index in [0.717, 1.165) is 24.1 Å². The molecule has 1 aliphatic rings. The number of nitrogens with zero attached hydrogens (tertiary/aromatic N) is 2. The molecule has 1 aromatic heterocycles. The van der Waals surface area contributed by atoms with Crippen LogP contribution in [-0.2, 0) is 17.6 Å². The molecule has 4 nitrogen and oxygen atoms in total. The number of hydrogen-bond donors (Lipinski definition) is 1. The summed E-state index contributed by atoms with van der Waals surface area (Å²) < 4.78 is 13.2. The van der Waals surface area contributed by atoms with E-state index in [2.05, 4.69) is 15.3 Å². The summed E-state index contributed by atoms with van der Waals surface area (Å²) in [6.07, 6.45) is 7.95. The molecule has 22 heavy (non-hydrogen) atoms. The summed E-state index contributed by atoms with van der Waals surface area (Å²) in [7, 11) is 0. The molecule has 114 valence electrons. The number of hydrogen-bond acceptors (Lipinski definition) is 3. The van der Waals surface area contributed by atoms with E-state index in [9.17, 15) is 9.18 Å². The van der Waals surface area contributed by atoms with Gasteiger partial charge >= 0.3 is 0 Å². The Hall–Kier alpha value is -2.30. The standard InChI is InChI=1S/C17H18FN3O/c18-14-3-1-2-13(10-14)11-17(5-6-17)16(22)21-7-4-15-12-19-8-9-20-15/h1-3,8-10,12H,4-7,11H2,(H,21,22). The fraction of sp³-hybridized carbons (Fsp3) is 0.353. The van der Waals surface area contributed by atoms with Gasteiger partial charge in [-0.2, -0.15) is 0 Å². The third kappa shape index (κ3) is 3.47. The van der Waals surface area contributed by atoms with Gasteiger partial charge in [-0.3, -0.25) is 14.8 Å². The molecule has 1 aromatic carbocycles. The predicted molar refractivity (Wildman–Crippen MR) is 80.5 cm³/mol. The van der Waals surface area contributed by atoms with Crippen LogP contribution >= 0.6 is 0 Å². The van der Waals surface area contributed by atoms with Gasteiger partial charge in [0.1, 0.15) is 5.82 Å². The molecular weight excluding hydrogens is 281 g/mol. The van der Waals surface area contributed by atoms with Crippen LogP contribution in [0.4, 0.5) is 4.39 Å². The molecular formula is C17H18FN3O. The van der Waals surface area contributed by atoms with Gasteiger partial charge in [0.15, 0.2) is 0 Å². The van der Waals surface area contributed by atoms with Crippen molar-refractivity contribution in [2.45, 2.75) is 25.7 Å². The smallest absolute Gasteiger partial charge is 0.226 e. The Kier molecular flexibility index (Phi) is 4.13. The van der Waals surface area contributed by atoms with Gasteiger partial charge < -0.3 is 5.32 Å². The predicted octanol–water partition coefficient (Wildman–Crippen LogP) is 2.30. The number of aromatic nitrogens is 2. The summed E-state index contributed by atoms with van der Waals surface area (Å²) in [5.41, 5.74) is 1.38. The Morgan fingerprint density at radius 3 is 2.86 bits per heavy atom. The van der Waals surface area contributed by atoms with Crippen molar-refractivity contribution in [3.05, 3.63) is 59.9 Å². The average molecular weight is 299 g/mol. The topological polar surface area (TPSA) is 54.9 Å². The van der Waals surface area contributed by atoms with Gasteiger partial charge in [0.05, 0.1) is 11.1 Å². The van der Waals surface area contributed by atoms with Gasteiger partial charge in [0.2, 0.25) is 5.91 Å². The maximum Gasteiger partial charge on any atom is 0.226 e. The summed E-state index contributed by atoms with van der Waals surface area (Å²) in [5, 5.41) is 2.97. The van der Waals surface area contributed by atoms with Crippen LogP contribution in [0.5, 0.6) is 0 Å². The van der Waals surface area contributed by atoms with E-state index in [1.165, 1.54) is 12.1 Å². The quantitative estimate of drug-likeness (QED) is 0.890. The van der Waals surface area contributed by atoms with Crippen LogP contribution in [0.25, 0.3) is 0 Å². The first-order valence-corrected chi connectivity index (χ1v) is 7.46. The highest BCUT2D eigenvalue weighted by Crippen LogP contribution is 2.48. The molecule has 1 saturated carbocycles. The van der Waals surface area contributed by atoms with Crippen LogP contribution < -0.4 is 5.32 Å². The molecule has 1 fully saturated rings. The molecule has 5 heteroatoms. The molecule has 3 rings (SSSR count). The normalized spacial score (nSPS) is 15.3. The lowest BCUT2D eigenvalue weighted by Gasteiger charge is -2.15. The summed E-state index contributed by atoms with van der Waals surface area (Å²) in [6, 6.07) is 6.49. The van der Waals surface area contributed by atoms with Gasteiger partial charge in [-0.25, -0.2) is 4.39 Å². The van der Waals surface area contributed by atoms with Gasteiger partial charge in [0.25, 0.3) is 0 Å². The summed E-state index contributed by atoms with van der Waals surface area (Å²) in [6.45, 7) is 0.544. The van der Waals surface area contributed by atoms with Crippen LogP contribution in [0, 0.1) is 11.2 Å². The minimum atomic E-state index is -0.351. The summed E-state index contributed by atoms with van der Waals surface area (Å²) >= 11 is 0. The first-order chi connectivity index (χ1) is 10.7. The second-order valence-electron chi connectivity index (χ2n) is 5.79. The number of benzene rings is 1. The lowest BCUT2D eigenvalue weighted by atomic mass is 9.95. The second kappa shape index (κ2) is 6.22. The van der Waals surface area contributed by atoms with Crippen molar-refractivity contribution < 1.29 is 9.18 Å². The SMILES string of the molecule is O=C(NCCc1cnccn1)C1(Cc2cccc(F)c2)CC1. The highest BCUT2D eigenvalue weighted by molar-refractivity contribution is 5.85. The van der Waals surface area contributed by atoms with E-state index < -0.39 is 0 Å². The molecule has 0 atom stereocenters. The Balaban J connectivity index is 1.53. The van der Waals surface area contributed by atoms with Crippen LogP contribution in [0.3, 0.4) is 0 Å². The third-order valence-corrected chi connectivity index (χ3v) is 4.05. The van der Waals surface area contributed by atoms with Gasteiger partial charge in [-0.15, -0.1) is 0 Å². The zero-order valence-electron chi connectivity index (χ0n) is 12.3. The highest BCUT2D eigenvalue weighted by atomic mass is 19.1. The summed E-state index contributed by atoms with van der Waals surface area (Å²) in [5.74, 6) is -0.197. The van der Waals surface area contributed by atoms with Crippen LogP contribution in [0.1, 0.15) is 24.1 Å². The van der Waals surface area contributed by atoms with E-state index in [1.54, 1.807) is 24.7 Å². The fourth-order valence-corrected chi connectivity index (χ4v) is 2.62. The van der Waals surface area contributed by atoms with Crippen molar-refractivity contribution in [3.63, 3.8) is 0 Å². The van der Waals surface area contributed by atoms with Crippen molar-refractivity contribution >= 4 is 5.91 Å². The molecule has 0 aliphatic heterocycles. The van der Waals surface area contributed by atoms with Gasteiger partial charge in [-0.1, -0.05) is 12.1 Å². The number of rotatable bonds is 6. The minimum Gasteiger partial charge on any atom is -0.355 e. The molecule has 1 heterocycles. The number of amides is 1. The van der Waals surface area contributed by atoms with Crippen LogP contribution in [0.15, 0.2) is 42.9 Å². The van der Waals surface area contributed by atoms with E-state index in [4.69, 9.17) is 0 Å². The lowest BCUT2D eigenvalue weighted by Crippen LogP contribution is -2.34. The van der Waals surface area contributed by atoms with E-state index in [0.29, 0.717) is 19.4 Å². The lowest BCUT2D eigenvalue weighted by molar-refractivity contribution is -0.126. The molecule has 0 bridgehead atoms. The van der Waals surface area contributed by atoms with Crippen molar-refractivity contribution in [1.82, 2.24) is 15.3 Å². The van der Waals surface area contributed by atoms with Crippen molar-refractivity contribution in [3.8, 4) is 0 Å². The van der Waals surface area contributed by atoms with Crippen molar-refractivity contribution in [2.75, 3.05) is 6.54 Å². The van der Waals surface area contributed by atoms with Crippen molar-refractivity contribution in [2.24, 2.45) is 5.41 Å². The Bertz CT molecular complexity index is 656. The Labute approximate surface area is 128 Å². The zero-order valence-corrected chi connectivity index (χ0v) is 12.3. The number of nitrogens with one attached hydrogen (secondary N) is 1. The van der Waals surface area contributed by atoms with E-state index in [-0.39, 0.29) is 17.1 Å². The van der Waals surface area contributed by atoms with Gasteiger partial charge in [0, 0.05) is 31.6 Å². The fourth-order valence-electron chi connectivity index (χ4n) is 2.62. The third-order valence-electron chi connectivity index (χ3n) is 4.05. The van der Waals surface area contributed by atoms with Gasteiger partial charge in [-0.05, 0) is 37.0 Å². The monoisotopic (exact) mass is 299 g/mol. The van der Waals surface area contributed by atoms with E-state index >= 15 is 0 Å². The average Bonchev–Trinajstić information content (AvgIpc) is 3.29. The maximum absolute atomic E-state index is 13.2. The first kappa shape index (κ1) is 14.6. The van der Waals surface area contributed by atoms with Crippen LogP contribution in [-0.4, -0.2) is 22.4 Å². The molecule has 0 saturated heterocycles. The number of halogens is 1. The zero-order chi connectivity index (χ0) is 15.4. The Morgan fingerprint density at radius 2 is 2.18 bits per heavy atom. The minimum absolute atomic E-state index is 0.0562. The first-order valence-electron chi connectivity index (χ1n) is 7.46. The maximum atomic E-state index is 13.2. The molecule has 0 radical (unpaired) electrons. The molecule has 0 unspecified atom stereocenters. The second-order valence-corrected chi connectivity index (χ2v) is 5.79. The molecule has 0 spiro atoms.